The fourth-order valence-electron chi connectivity index (χ4n) is 3.25. The zero-order chi connectivity index (χ0) is 15.5. The monoisotopic (exact) mass is 282 g/mol. The van der Waals surface area contributed by atoms with Crippen LogP contribution in [-0.2, 0) is 9.59 Å². The first-order chi connectivity index (χ1) is 9.34. The Hall–Kier alpha value is -1.06. The van der Waals surface area contributed by atoms with Crippen LogP contribution >= 0.6 is 0 Å². The van der Waals surface area contributed by atoms with Crippen LogP contribution in [0.15, 0.2) is 0 Å². The molecule has 116 valence electrons. The van der Waals surface area contributed by atoms with Crippen molar-refractivity contribution in [3.8, 4) is 0 Å². The molecule has 1 rings (SSSR count). The Morgan fingerprint density at radius 3 is 2.10 bits per heavy atom. The lowest BCUT2D eigenvalue weighted by Gasteiger charge is -2.49. The second kappa shape index (κ2) is 6.59. The summed E-state index contributed by atoms with van der Waals surface area (Å²) in [6, 6.07) is -0.223. The first kappa shape index (κ1) is 17.0. The van der Waals surface area contributed by atoms with Gasteiger partial charge >= 0.3 is 0 Å². The normalized spacial score (nSPS) is 23.9. The molecular weight excluding hydrogens is 252 g/mol. The van der Waals surface area contributed by atoms with Crippen LogP contribution in [0, 0.1) is 5.92 Å². The minimum absolute atomic E-state index is 0.00579. The van der Waals surface area contributed by atoms with Gasteiger partial charge in [-0.3, -0.25) is 9.59 Å². The highest BCUT2D eigenvalue weighted by atomic mass is 16.2. The average molecular weight is 282 g/mol. The Morgan fingerprint density at radius 1 is 1.15 bits per heavy atom. The summed E-state index contributed by atoms with van der Waals surface area (Å²) in [7, 11) is 0. The van der Waals surface area contributed by atoms with E-state index in [2.05, 4.69) is 19.2 Å². The van der Waals surface area contributed by atoms with E-state index in [1.807, 2.05) is 32.6 Å². The van der Waals surface area contributed by atoms with Gasteiger partial charge in [-0.1, -0.05) is 41.0 Å². The molecule has 0 spiro atoms. The van der Waals surface area contributed by atoms with Gasteiger partial charge in [0.25, 0.3) is 0 Å². The quantitative estimate of drug-likeness (QED) is 0.814. The topological polar surface area (TPSA) is 49.4 Å². The third kappa shape index (κ3) is 2.84. The summed E-state index contributed by atoms with van der Waals surface area (Å²) in [5, 5.41) is 3.01. The van der Waals surface area contributed by atoms with E-state index in [1.54, 1.807) is 0 Å². The highest BCUT2D eigenvalue weighted by Gasteiger charge is 2.50. The standard InChI is InChI=1S/C16H30N2O2/c1-7-10-12(6)18-13(11(4)5)14(19)17-16(8-2,9-3)15(18)20/h11-13H,7-10H2,1-6H3,(H,17,19). The zero-order valence-corrected chi connectivity index (χ0v) is 13.8. The molecule has 0 bridgehead atoms. The van der Waals surface area contributed by atoms with E-state index < -0.39 is 5.54 Å². The molecule has 2 amide bonds. The number of carbonyl (C=O) groups excluding carboxylic acids is 2. The van der Waals surface area contributed by atoms with Crippen LogP contribution in [0.1, 0.15) is 67.2 Å². The number of rotatable bonds is 6. The van der Waals surface area contributed by atoms with Crippen LogP contribution in [-0.4, -0.2) is 34.3 Å². The van der Waals surface area contributed by atoms with Crippen molar-refractivity contribution in [1.82, 2.24) is 10.2 Å². The van der Waals surface area contributed by atoms with E-state index in [1.165, 1.54) is 0 Å². The number of nitrogens with one attached hydrogen (secondary N) is 1. The van der Waals surface area contributed by atoms with E-state index in [-0.39, 0.29) is 29.8 Å². The van der Waals surface area contributed by atoms with Gasteiger partial charge in [0, 0.05) is 6.04 Å². The molecule has 20 heavy (non-hydrogen) atoms. The third-order valence-corrected chi connectivity index (χ3v) is 4.59. The maximum Gasteiger partial charge on any atom is 0.249 e. The SMILES string of the molecule is CCCC(C)N1C(=O)C(CC)(CC)NC(=O)C1C(C)C. The molecule has 0 aliphatic carbocycles. The first-order valence-corrected chi connectivity index (χ1v) is 7.99. The van der Waals surface area contributed by atoms with E-state index in [4.69, 9.17) is 0 Å². The minimum Gasteiger partial charge on any atom is -0.340 e. The van der Waals surface area contributed by atoms with Crippen molar-refractivity contribution < 1.29 is 9.59 Å². The van der Waals surface area contributed by atoms with Crippen molar-refractivity contribution in [3.05, 3.63) is 0 Å². The van der Waals surface area contributed by atoms with Crippen LogP contribution in [0.3, 0.4) is 0 Å². The van der Waals surface area contributed by atoms with Gasteiger partial charge in [-0.05, 0) is 32.1 Å². The molecule has 1 aliphatic rings. The number of nitrogens with zero attached hydrogens (tertiary/aromatic N) is 1. The van der Waals surface area contributed by atoms with Gasteiger partial charge < -0.3 is 10.2 Å². The molecule has 2 atom stereocenters. The van der Waals surface area contributed by atoms with Crippen molar-refractivity contribution in [2.24, 2.45) is 5.92 Å². The lowest BCUT2D eigenvalue weighted by atomic mass is 9.83. The Kier molecular flexibility index (Phi) is 5.60. The van der Waals surface area contributed by atoms with Crippen molar-refractivity contribution in [2.75, 3.05) is 0 Å². The van der Waals surface area contributed by atoms with Gasteiger partial charge in [0.2, 0.25) is 11.8 Å². The molecule has 0 saturated carbocycles. The molecule has 0 aromatic carbocycles. The number of hydrogen-bond acceptors (Lipinski definition) is 2. The third-order valence-electron chi connectivity index (χ3n) is 4.59. The maximum absolute atomic E-state index is 13.0. The summed E-state index contributed by atoms with van der Waals surface area (Å²) in [5.41, 5.74) is -0.704. The Bertz CT molecular complexity index is 361. The van der Waals surface area contributed by atoms with E-state index in [0.717, 1.165) is 12.8 Å². The molecule has 1 saturated heterocycles. The summed E-state index contributed by atoms with van der Waals surface area (Å²) in [5.74, 6) is 0.234. The van der Waals surface area contributed by atoms with Gasteiger partial charge in [-0.25, -0.2) is 0 Å². The van der Waals surface area contributed by atoms with E-state index in [0.29, 0.717) is 12.8 Å². The highest BCUT2D eigenvalue weighted by Crippen LogP contribution is 2.30. The molecule has 0 radical (unpaired) electrons. The van der Waals surface area contributed by atoms with Crippen LogP contribution in [0.25, 0.3) is 0 Å². The van der Waals surface area contributed by atoms with Gasteiger partial charge in [0.05, 0.1) is 0 Å². The van der Waals surface area contributed by atoms with Crippen LogP contribution < -0.4 is 5.32 Å². The molecule has 1 aliphatic heterocycles. The van der Waals surface area contributed by atoms with Gasteiger partial charge in [0.1, 0.15) is 11.6 Å². The summed E-state index contributed by atoms with van der Waals surface area (Å²) < 4.78 is 0. The molecule has 1 N–H and O–H groups in total. The van der Waals surface area contributed by atoms with E-state index >= 15 is 0 Å². The minimum atomic E-state index is -0.704. The van der Waals surface area contributed by atoms with Crippen LogP contribution in [0.5, 0.6) is 0 Å². The van der Waals surface area contributed by atoms with Crippen molar-refractivity contribution in [1.29, 1.82) is 0 Å². The van der Waals surface area contributed by atoms with Gasteiger partial charge in [-0.2, -0.15) is 0 Å². The zero-order valence-electron chi connectivity index (χ0n) is 13.8. The first-order valence-electron chi connectivity index (χ1n) is 7.99. The second-order valence-electron chi connectivity index (χ2n) is 6.32. The maximum atomic E-state index is 13.0. The van der Waals surface area contributed by atoms with Crippen molar-refractivity contribution >= 4 is 11.8 Å². The lowest BCUT2D eigenvalue weighted by molar-refractivity contribution is -0.160. The summed E-state index contributed by atoms with van der Waals surface area (Å²) in [4.78, 5) is 27.4. The number of amides is 2. The fraction of sp³-hybridized carbons (Fsp3) is 0.875. The van der Waals surface area contributed by atoms with Crippen LogP contribution in [0.4, 0.5) is 0 Å². The molecule has 1 heterocycles. The van der Waals surface area contributed by atoms with Gasteiger partial charge in [-0.15, -0.1) is 0 Å². The lowest BCUT2D eigenvalue weighted by Crippen LogP contribution is -2.72. The smallest absolute Gasteiger partial charge is 0.249 e. The van der Waals surface area contributed by atoms with Crippen molar-refractivity contribution in [2.45, 2.75) is 84.8 Å². The van der Waals surface area contributed by atoms with Crippen molar-refractivity contribution in [3.63, 3.8) is 0 Å². The molecule has 0 aromatic heterocycles. The summed E-state index contributed by atoms with van der Waals surface area (Å²) in [6.45, 7) is 12.1. The Morgan fingerprint density at radius 2 is 1.70 bits per heavy atom. The number of carbonyl (C=O) groups is 2. The molecule has 4 heteroatoms. The largest absolute Gasteiger partial charge is 0.340 e. The van der Waals surface area contributed by atoms with E-state index in [9.17, 15) is 9.59 Å². The molecule has 4 nitrogen and oxygen atoms in total. The predicted octanol–water partition coefficient (Wildman–Crippen LogP) is 2.72. The second-order valence-corrected chi connectivity index (χ2v) is 6.32. The van der Waals surface area contributed by atoms with Gasteiger partial charge in [0.15, 0.2) is 0 Å². The number of piperazine rings is 1. The highest BCUT2D eigenvalue weighted by molar-refractivity contribution is 6.00. The summed E-state index contributed by atoms with van der Waals surface area (Å²) in [6.07, 6.45) is 3.25. The Balaban J connectivity index is 3.20. The predicted molar refractivity (Wildman–Crippen MR) is 81.3 cm³/mol. The summed E-state index contributed by atoms with van der Waals surface area (Å²) >= 11 is 0. The Labute approximate surface area is 123 Å². The average Bonchev–Trinajstić information content (AvgIpc) is 2.40. The molecule has 0 aromatic rings. The van der Waals surface area contributed by atoms with Crippen LogP contribution in [0.2, 0.25) is 0 Å². The molecule has 1 fully saturated rings. The molecule has 2 unspecified atom stereocenters. The number of hydrogen-bond donors (Lipinski definition) is 1. The fourth-order valence-corrected chi connectivity index (χ4v) is 3.25. The molecular formula is C16H30N2O2.